The fourth-order valence-electron chi connectivity index (χ4n) is 2.10. The summed E-state index contributed by atoms with van der Waals surface area (Å²) < 4.78 is 33.1. The first-order chi connectivity index (χ1) is 10.7. The number of rotatable bonds is 6. The molecule has 0 amide bonds. The van der Waals surface area contributed by atoms with Gasteiger partial charge in [-0.3, -0.25) is 0 Å². The Balaban J connectivity index is 2.23. The second-order valence-corrected chi connectivity index (χ2v) is 8.90. The van der Waals surface area contributed by atoms with E-state index in [1.54, 1.807) is 18.3 Å². The highest BCUT2D eigenvalue weighted by atomic mass is 32.2. The average molecular weight is 354 g/mol. The van der Waals surface area contributed by atoms with Crippen molar-refractivity contribution in [3.05, 3.63) is 40.3 Å². The third-order valence-corrected chi connectivity index (χ3v) is 5.76. The van der Waals surface area contributed by atoms with Gasteiger partial charge >= 0.3 is 0 Å². The van der Waals surface area contributed by atoms with E-state index in [-0.39, 0.29) is 10.3 Å². The molecule has 0 bridgehead atoms. The van der Waals surface area contributed by atoms with Crippen LogP contribution in [0.5, 0.6) is 5.75 Å². The molecule has 0 fully saturated rings. The van der Waals surface area contributed by atoms with E-state index in [1.807, 2.05) is 32.2 Å². The smallest absolute Gasteiger partial charge is 0.244 e. The van der Waals surface area contributed by atoms with Gasteiger partial charge in [0.15, 0.2) is 0 Å². The predicted molar refractivity (Wildman–Crippen MR) is 92.7 cm³/mol. The summed E-state index contributed by atoms with van der Waals surface area (Å²) in [5.41, 5.74) is 0.802. The Morgan fingerprint density at radius 2 is 2.04 bits per heavy atom. The molecule has 1 heterocycles. The normalized spacial score (nSPS) is 12.3. The van der Waals surface area contributed by atoms with Crippen LogP contribution in [0.3, 0.4) is 0 Å². The van der Waals surface area contributed by atoms with Crippen LogP contribution in [0.15, 0.2) is 34.7 Å². The van der Waals surface area contributed by atoms with Gasteiger partial charge in [-0.25, -0.2) is 18.1 Å². The quantitative estimate of drug-likeness (QED) is 0.866. The number of ether oxygens (including phenoxy) is 1. The molecular weight excluding hydrogens is 332 g/mol. The lowest BCUT2D eigenvalue weighted by molar-refractivity contribution is 0.401. The van der Waals surface area contributed by atoms with Crippen LogP contribution in [-0.2, 0) is 21.9 Å². The van der Waals surface area contributed by atoms with Gasteiger partial charge in [-0.2, -0.15) is 0 Å². The van der Waals surface area contributed by atoms with E-state index in [9.17, 15) is 8.42 Å². The van der Waals surface area contributed by atoms with Crippen LogP contribution in [-0.4, -0.2) is 27.1 Å². The summed E-state index contributed by atoms with van der Waals surface area (Å²) in [5.74, 6) is 0.347. The average Bonchev–Trinajstić information content (AvgIpc) is 2.98. The van der Waals surface area contributed by atoms with Gasteiger partial charge in [0.05, 0.1) is 12.1 Å². The Morgan fingerprint density at radius 1 is 1.30 bits per heavy atom. The van der Waals surface area contributed by atoms with E-state index in [0.717, 1.165) is 10.6 Å². The molecule has 0 unspecified atom stereocenters. The molecule has 0 saturated carbocycles. The van der Waals surface area contributed by atoms with E-state index < -0.39 is 10.0 Å². The fourth-order valence-corrected chi connectivity index (χ4v) is 3.94. The lowest BCUT2D eigenvalue weighted by Gasteiger charge is -2.21. The first-order valence-corrected chi connectivity index (χ1v) is 9.67. The molecule has 2 aromatic rings. The number of thiazole rings is 1. The molecule has 0 atom stereocenters. The summed E-state index contributed by atoms with van der Waals surface area (Å²) in [7, 11) is -2.16. The van der Waals surface area contributed by atoms with E-state index >= 15 is 0 Å². The third kappa shape index (κ3) is 4.53. The topological polar surface area (TPSA) is 68.3 Å². The van der Waals surface area contributed by atoms with E-state index in [4.69, 9.17) is 4.74 Å². The fraction of sp³-hybridized carbons (Fsp3) is 0.438. The summed E-state index contributed by atoms with van der Waals surface area (Å²) >= 11 is 1.51. The SMILES string of the molecule is COc1ccc(C(C)(C)C)cc1S(=O)(=O)NCCc1nccs1. The van der Waals surface area contributed by atoms with Crippen LogP contribution in [0.2, 0.25) is 0 Å². The van der Waals surface area contributed by atoms with Crippen molar-refractivity contribution in [2.24, 2.45) is 0 Å². The second-order valence-electron chi connectivity index (χ2n) is 6.19. The zero-order valence-electron chi connectivity index (χ0n) is 13.8. The molecule has 1 aromatic heterocycles. The minimum atomic E-state index is -3.64. The van der Waals surface area contributed by atoms with Gasteiger partial charge in [0, 0.05) is 24.5 Å². The van der Waals surface area contributed by atoms with Crippen molar-refractivity contribution in [3.63, 3.8) is 0 Å². The van der Waals surface area contributed by atoms with Gasteiger partial charge in [-0.1, -0.05) is 26.8 Å². The monoisotopic (exact) mass is 354 g/mol. The Labute approximate surface area is 141 Å². The zero-order chi connectivity index (χ0) is 17.1. The minimum absolute atomic E-state index is 0.141. The highest BCUT2D eigenvalue weighted by Crippen LogP contribution is 2.30. The highest BCUT2D eigenvalue weighted by Gasteiger charge is 2.23. The van der Waals surface area contributed by atoms with Crippen molar-refractivity contribution >= 4 is 21.4 Å². The highest BCUT2D eigenvalue weighted by molar-refractivity contribution is 7.89. The molecule has 0 spiro atoms. The lowest BCUT2D eigenvalue weighted by atomic mass is 9.87. The lowest BCUT2D eigenvalue weighted by Crippen LogP contribution is -2.27. The van der Waals surface area contributed by atoms with Gasteiger partial charge in [0.25, 0.3) is 0 Å². The number of sulfonamides is 1. The number of nitrogens with one attached hydrogen (secondary N) is 1. The maximum absolute atomic E-state index is 12.6. The summed E-state index contributed by atoms with van der Waals surface area (Å²) in [4.78, 5) is 4.32. The first-order valence-electron chi connectivity index (χ1n) is 7.30. The summed E-state index contributed by atoms with van der Waals surface area (Å²) in [6.45, 7) is 6.43. The van der Waals surface area contributed by atoms with Crippen LogP contribution in [0, 0.1) is 0 Å². The Hall–Kier alpha value is -1.44. The van der Waals surface area contributed by atoms with Crippen molar-refractivity contribution in [1.82, 2.24) is 9.71 Å². The molecule has 126 valence electrons. The van der Waals surface area contributed by atoms with Crippen LogP contribution < -0.4 is 9.46 Å². The van der Waals surface area contributed by atoms with Crippen molar-refractivity contribution in [2.75, 3.05) is 13.7 Å². The minimum Gasteiger partial charge on any atom is -0.495 e. The van der Waals surface area contributed by atoms with Crippen LogP contribution >= 0.6 is 11.3 Å². The van der Waals surface area contributed by atoms with Gasteiger partial charge in [-0.05, 0) is 23.1 Å². The van der Waals surface area contributed by atoms with Gasteiger partial charge in [0.1, 0.15) is 10.6 Å². The van der Waals surface area contributed by atoms with Gasteiger partial charge in [-0.15, -0.1) is 11.3 Å². The molecule has 2 rings (SSSR count). The van der Waals surface area contributed by atoms with Crippen molar-refractivity contribution in [3.8, 4) is 5.75 Å². The van der Waals surface area contributed by atoms with Crippen molar-refractivity contribution in [2.45, 2.75) is 37.5 Å². The molecule has 0 aliphatic heterocycles. The standard InChI is InChI=1S/C16H22N2O3S2/c1-16(2,3)12-5-6-13(21-4)14(11-12)23(19,20)18-8-7-15-17-9-10-22-15/h5-6,9-11,18H,7-8H2,1-4H3. The first kappa shape index (κ1) is 17.9. The van der Waals surface area contributed by atoms with E-state index in [2.05, 4.69) is 9.71 Å². The van der Waals surface area contributed by atoms with Crippen LogP contribution in [0.4, 0.5) is 0 Å². The molecule has 0 aliphatic carbocycles. The summed E-state index contributed by atoms with van der Waals surface area (Å²) in [5, 5.41) is 2.78. The largest absolute Gasteiger partial charge is 0.495 e. The zero-order valence-corrected chi connectivity index (χ0v) is 15.4. The summed E-state index contributed by atoms with van der Waals surface area (Å²) in [6.07, 6.45) is 2.28. The Bertz CT molecular complexity index is 748. The molecule has 23 heavy (non-hydrogen) atoms. The Morgan fingerprint density at radius 3 is 2.61 bits per heavy atom. The molecule has 1 N–H and O–H groups in total. The predicted octanol–water partition coefficient (Wildman–Crippen LogP) is 2.97. The summed E-state index contributed by atoms with van der Waals surface area (Å²) in [6, 6.07) is 5.29. The molecule has 0 radical (unpaired) electrons. The number of methoxy groups -OCH3 is 1. The maximum atomic E-state index is 12.6. The molecule has 0 aliphatic rings. The third-order valence-electron chi connectivity index (χ3n) is 3.43. The Kier molecular flexibility index (Phi) is 5.44. The van der Waals surface area contributed by atoms with Gasteiger partial charge in [0.2, 0.25) is 10.0 Å². The number of aromatic nitrogens is 1. The molecule has 7 heteroatoms. The molecular formula is C16H22N2O3S2. The maximum Gasteiger partial charge on any atom is 0.244 e. The van der Waals surface area contributed by atoms with Crippen molar-refractivity contribution < 1.29 is 13.2 Å². The molecule has 5 nitrogen and oxygen atoms in total. The van der Waals surface area contributed by atoms with Crippen molar-refractivity contribution in [1.29, 1.82) is 0 Å². The number of benzene rings is 1. The molecule has 1 aromatic carbocycles. The molecule has 0 saturated heterocycles. The van der Waals surface area contributed by atoms with Crippen LogP contribution in [0.25, 0.3) is 0 Å². The second kappa shape index (κ2) is 6.98. The van der Waals surface area contributed by atoms with Crippen LogP contribution in [0.1, 0.15) is 31.3 Å². The van der Waals surface area contributed by atoms with E-state index in [1.165, 1.54) is 18.4 Å². The number of nitrogens with zero attached hydrogens (tertiary/aromatic N) is 1. The van der Waals surface area contributed by atoms with E-state index in [0.29, 0.717) is 18.7 Å². The number of hydrogen-bond donors (Lipinski definition) is 1. The number of hydrogen-bond acceptors (Lipinski definition) is 5. The van der Waals surface area contributed by atoms with Gasteiger partial charge < -0.3 is 4.74 Å².